The monoisotopic (exact) mass is 297 g/mol. The molecule has 0 spiro atoms. The molecule has 0 saturated carbocycles. The number of carbonyl (C=O) groups excluding carboxylic acids is 2. The molecule has 114 valence electrons. The van der Waals surface area contributed by atoms with E-state index in [1.165, 1.54) is 0 Å². The number of hydrogen-bond donors (Lipinski definition) is 2. The zero-order valence-electron chi connectivity index (χ0n) is 12.5. The Balaban J connectivity index is 1.69. The van der Waals surface area contributed by atoms with Crippen molar-refractivity contribution in [1.29, 1.82) is 0 Å². The maximum absolute atomic E-state index is 12.3. The van der Waals surface area contributed by atoms with E-state index in [1.54, 1.807) is 6.20 Å². The molecule has 1 aromatic heterocycles. The van der Waals surface area contributed by atoms with Crippen molar-refractivity contribution >= 4 is 22.7 Å². The van der Waals surface area contributed by atoms with Crippen LogP contribution < -0.4 is 10.9 Å². The Labute approximate surface area is 129 Å². The van der Waals surface area contributed by atoms with Crippen LogP contribution in [0.2, 0.25) is 0 Å². The molecule has 1 atom stereocenters. The van der Waals surface area contributed by atoms with Crippen LogP contribution in [0, 0.1) is 5.92 Å². The molecule has 5 heteroatoms. The lowest BCUT2D eigenvalue weighted by Gasteiger charge is -2.17. The first-order valence-corrected chi connectivity index (χ1v) is 7.46. The van der Waals surface area contributed by atoms with Crippen LogP contribution in [0.3, 0.4) is 0 Å². The van der Waals surface area contributed by atoms with Crippen molar-refractivity contribution in [2.75, 3.05) is 0 Å². The zero-order valence-corrected chi connectivity index (χ0v) is 12.5. The minimum Gasteiger partial charge on any atom is -0.350 e. The number of aryl methyl sites for hydroxylation is 1. The molecule has 1 aliphatic carbocycles. The maximum atomic E-state index is 12.3. The van der Waals surface area contributed by atoms with E-state index in [0.717, 1.165) is 30.2 Å². The largest absolute Gasteiger partial charge is 0.350 e. The normalized spacial score (nSPS) is 17.4. The fourth-order valence-corrected chi connectivity index (χ4v) is 2.84. The molecule has 0 aliphatic heterocycles. The van der Waals surface area contributed by atoms with E-state index in [1.807, 2.05) is 42.0 Å². The molecule has 1 unspecified atom stereocenters. The van der Waals surface area contributed by atoms with Crippen LogP contribution in [0.1, 0.15) is 29.6 Å². The van der Waals surface area contributed by atoms with E-state index < -0.39 is 0 Å². The van der Waals surface area contributed by atoms with Gasteiger partial charge in [0.15, 0.2) is 0 Å². The second kappa shape index (κ2) is 6.05. The maximum Gasteiger partial charge on any atom is 0.271 e. The molecule has 1 aromatic carbocycles. The summed E-state index contributed by atoms with van der Waals surface area (Å²) in [6, 6.07) is 7.69. The van der Waals surface area contributed by atoms with Crippen LogP contribution in [-0.4, -0.2) is 16.4 Å². The van der Waals surface area contributed by atoms with Crippen LogP contribution in [-0.2, 0) is 11.8 Å². The summed E-state index contributed by atoms with van der Waals surface area (Å²) < 4.78 is 1.90. The number of fused-ring (bicyclic) bond motifs is 1. The molecule has 5 nitrogen and oxygen atoms in total. The Kier molecular flexibility index (Phi) is 3.96. The number of hydrazine groups is 1. The Morgan fingerprint density at radius 2 is 2.00 bits per heavy atom. The first kappa shape index (κ1) is 14.4. The van der Waals surface area contributed by atoms with Crippen molar-refractivity contribution in [2.45, 2.75) is 19.3 Å². The Bertz CT molecular complexity index is 745. The number of allylic oxidation sites excluding steroid dienone is 2. The molecular weight excluding hydrogens is 278 g/mol. The molecule has 0 bridgehead atoms. The molecular formula is C17H19N3O2. The third-order valence-electron chi connectivity index (χ3n) is 4.08. The van der Waals surface area contributed by atoms with Gasteiger partial charge in [-0.05, 0) is 25.3 Å². The second-order valence-corrected chi connectivity index (χ2v) is 5.60. The van der Waals surface area contributed by atoms with E-state index in [2.05, 4.69) is 16.9 Å². The minimum atomic E-state index is -0.295. The fraction of sp³-hybridized carbons (Fsp3) is 0.294. The van der Waals surface area contributed by atoms with Crippen molar-refractivity contribution in [3.63, 3.8) is 0 Å². The van der Waals surface area contributed by atoms with Crippen LogP contribution in [0.25, 0.3) is 10.9 Å². The summed E-state index contributed by atoms with van der Waals surface area (Å²) >= 11 is 0. The summed E-state index contributed by atoms with van der Waals surface area (Å²) in [5.41, 5.74) is 6.61. The Morgan fingerprint density at radius 3 is 2.77 bits per heavy atom. The van der Waals surface area contributed by atoms with Crippen molar-refractivity contribution in [3.05, 3.63) is 48.2 Å². The number of para-hydroxylation sites is 1. The molecule has 2 N–H and O–H groups in total. The molecule has 1 heterocycles. The van der Waals surface area contributed by atoms with Crippen LogP contribution in [0.5, 0.6) is 0 Å². The van der Waals surface area contributed by atoms with Gasteiger partial charge in [0.2, 0.25) is 5.91 Å². The smallest absolute Gasteiger partial charge is 0.271 e. The lowest BCUT2D eigenvalue weighted by molar-refractivity contribution is -0.126. The van der Waals surface area contributed by atoms with Gasteiger partial charge >= 0.3 is 0 Å². The predicted octanol–water partition coefficient (Wildman–Crippen LogP) is 2.30. The number of aromatic nitrogens is 1. The number of benzene rings is 1. The quantitative estimate of drug-likeness (QED) is 0.660. The van der Waals surface area contributed by atoms with Gasteiger partial charge in [0, 0.05) is 30.1 Å². The molecule has 0 fully saturated rings. The zero-order chi connectivity index (χ0) is 15.5. The van der Waals surface area contributed by atoms with Crippen LogP contribution in [0.15, 0.2) is 42.6 Å². The van der Waals surface area contributed by atoms with Crippen LogP contribution >= 0.6 is 0 Å². The summed E-state index contributed by atoms with van der Waals surface area (Å²) in [7, 11) is 1.89. The van der Waals surface area contributed by atoms with E-state index in [9.17, 15) is 9.59 Å². The standard InChI is InChI=1S/C17H19N3O2/c1-20-11-14(13-9-5-6-10-15(13)20)17(22)19-18-16(21)12-7-3-2-4-8-12/h2-3,5-6,9-12H,4,7-8H2,1H3,(H,18,21)(H,19,22). The highest BCUT2D eigenvalue weighted by Gasteiger charge is 2.20. The van der Waals surface area contributed by atoms with Gasteiger partial charge in [-0.2, -0.15) is 0 Å². The van der Waals surface area contributed by atoms with Crippen molar-refractivity contribution in [2.24, 2.45) is 13.0 Å². The van der Waals surface area contributed by atoms with Crippen molar-refractivity contribution in [1.82, 2.24) is 15.4 Å². The Hall–Kier alpha value is -2.56. The molecule has 22 heavy (non-hydrogen) atoms. The second-order valence-electron chi connectivity index (χ2n) is 5.60. The third-order valence-corrected chi connectivity index (χ3v) is 4.08. The average molecular weight is 297 g/mol. The molecule has 1 aliphatic rings. The highest BCUT2D eigenvalue weighted by Crippen LogP contribution is 2.20. The van der Waals surface area contributed by atoms with E-state index in [0.29, 0.717) is 5.56 Å². The summed E-state index contributed by atoms with van der Waals surface area (Å²) in [5.74, 6) is -0.479. The predicted molar refractivity (Wildman–Crippen MR) is 85.0 cm³/mol. The lowest BCUT2D eigenvalue weighted by atomic mass is 9.94. The van der Waals surface area contributed by atoms with Crippen LogP contribution in [0.4, 0.5) is 0 Å². The van der Waals surface area contributed by atoms with Crippen molar-refractivity contribution in [3.8, 4) is 0 Å². The fourth-order valence-electron chi connectivity index (χ4n) is 2.84. The third kappa shape index (κ3) is 2.74. The summed E-state index contributed by atoms with van der Waals surface area (Å²) in [5, 5.41) is 0.873. The van der Waals surface area contributed by atoms with Gasteiger partial charge in [-0.15, -0.1) is 0 Å². The van der Waals surface area contributed by atoms with Gasteiger partial charge in [0.05, 0.1) is 5.56 Å². The average Bonchev–Trinajstić information content (AvgIpc) is 2.91. The van der Waals surface area contributed by atoms with Gasteiger partial charge in [0.25, 0.3) is 5.91 Å². The number of nitrogens with one attached hydrogen (secondary N) is 2. The first-order valence-electron chi connectivity index (χ1n) is 7.46. The lowest BCUT2D eigenvalue weighted by Crippen LogP contribution is -2.44. The number of carbonyl (C=O) groups is 2. The van der Waals surface area contributed by atoms with Crippen molar-refractivity contribution < 1.29 is 9.59 Å². The van der Waals surface area contributed by atoms with Gasteiger partial charge in [-0.3, -0.25) is 20.4 Å². The molecule has 3 rings (SSSR count). The van der Waals surface area contributed by atoms with Gasteiger partial charge < -0.3 is 4.57 Å². The number of amides is 2. The minimum absolute atomic E-state index is 0.0576. The number of rotatable bonds is 2. The summed E-state index contributed by atoms with van der Waals surface area (Å²) in [6.07, 6.45) is 8.34. The Morgan fingerprint density at radius 1 is 1.18 bits per heavy atom. The molecule has 2 amide bonds. The van der Waals surface area contributed by atoms with E-state index in [-0.39, 0.29) is 17.7 Å². The highest BCUT2D eigenvalue weighted by atomic mass is 16.2. The molecule has 0 radical (unpaired) electrons. The van der Waals surface area contributed by atoms with E-state index >= 15 is 0 Å². The summed E-state index contributed by atoms with van der Waals surface area (Å²) in [6.45, 7) is 0. The SMILES string of the molecule is Cn1cc(C(=O)NNC(=O)C2CC=CCC2)c2ccccc21. The molecule has 2 aromatic rings. The van der Waals surface area contributed by atoms with E-state index in [4.69, 9.17) is 0 Å². The van der Waals surface area contributed by atoms with Gasteiger partial charge in [-0.1, -0.05) is 30.4 Å². The number of nitrogens with zero attached hydrogens (tertiary/aromatic N) is 1. The van der Waals surface area contributed by atoms with Gasteiger partial charge in [-0.25, -0.2) is 0 Å². The first-order chi connectivity index (χ1) is 10.7. The summed E-state index contributed by atoms with van der Waals surface area (Å²) in [4.78, 5) is 24.3. The highest BCUT2D eigenvalue weighted by molar-refractivity contribution is 6.07. The molecule has 0 saturated heterocycles. The topological polar surface area (TPSA) is 63.1 Å². The van der Waals surface area contributed by atoms with Gasteiger partial charge in [0.1, 0.15) is 0 Å². The number of hydrogen-bond acceptors (Lipinski definition) is 2.